The van der Waals surface area contributed by atoms with Crippen LogP contribution < -0.4 is 4.74 Å². The van der Waals surface area contributed by atoms with Gasteiger partial charge in [0.2, 0.25) is 0 Å². The Kier molecular flexibility index (Phi) is 3.01. The third kappa shape index (κ3) is 1.96. The van der Waals surface area contributed by atoms with Gasteiger partial charge in [0.05, 0.1) is 19.6 Å². The van der Waals surface area contributed by atoms with Crippen LogP contribution in [0.2, 0.25) is 0 Å². The van der Waals surface area contributed by atoms with Crippen molar-refractivity contribution in [2.24, 2.45) is 0 Å². The number of hydrogen-bond acceptors (Lipinski definition) is 4. The lowest BCUT2D eigenvalue weighted by molar-refractivity contribution is 0.404. The van der Waals surface area contributed by atoms with Gasteiger partial charge in [-0.25, -0.2) is 4.98 Å². The first-order valence-corrected chi connectivity index (χ1v) is 5.50. The monoisotopic (exact) mass is 230 g/mol. The number of aromatic nitrogens is 1. The Bertz CT molecular complexity index is 579. The summed E-state index contributed by atoms with van der Waals surface area (Å²) in [6, 6.07) is 5.80. The highest BCUT2D eigenvalue weighted by Crippen LogP contribution is 2.31. The molecule has 0 fully saturated rings. The molecular formula is C13H14N2O2. The second-order valence-corrected chi connectivity index (χ2v) is 4.15. The van der Waals surface area contributed by atoms with Crippen molar-refractivity contribution in [3.8, 4) is 11.8 Å². The van der Waals surface area contributed by atoms with E-state index in [2.05, 4.69) is 11.1 Å². The van der Waals surface area contributed by atoms with E-state index in [0.29, 0.717) is 23.6 Å². The Morgan fingerprint density at radius 1 is 1.47 bits per heavy atom. The Morgan fingerprint density at radius 2 is 2.24 bits per heavy atom. The van der Waals surface area contributed by atoms with Crippen LogP contribution in [-0.2, 0) is 6.42 Å². The molecule has 0 unspecified atom stereocenters. The topological polar surface area (TPSA) is 59.0 Å². The predicted octanol–water partition coefficient (Wildman–Crippen LogP) is 3.03. The van der Waals surface area contributed by atoms with Crippen LogP contribution in [-0.4, -0.2) is 12.1 Å². The largest absolute Gasteiger partial charge is 0.493 e. The van der Waals surface area contributed by atoms with Gasteiger partial charge in [-0.1, -0.05) is 19.9 Å². The fraction of sp³-hybridized carbons (Fsp3) is 0.385. The summed E-state index contributed by atoms with van der Waals surface area (Å²) >= 11 is 0. The summed E-state index contributed by atoms with van der Waals surface area (Å²) in [5.74, 6) is 1.53. The number of oxazole rings is 1. The molecular weight excluding hydrogens is 216 g/mol. The van der Waals surface area contributed by atoms with Crippen LogP contribution in [0.1, 0.15) is 31.2 Å². The highest BCUT2D eigenvalue weighted by atomic mass is 16.5. The van der Waals surface area contributed by atoms with Crippen molar-refractivity contribution in [2.45, 2.75) is 26.2 Å². The van der Waals surface area contributed by atoms with E-state index in [9.17, 15) is 0 Å². The van der Waals surface area contributed by atoms with Crippen LogP contribution in [0.4, 0.5) is 0 Å². The molecule has 1 aromatic carbocycles. The molecule has 0 saturated heterocycles. The number of benzene rings is 1. The molecule has 0 N–H and O–H groups in total. The third-order valence-corrected chi connectivity index (χ3v) is 2.59. The maximum Gasteiger partial charge on any atom is 0.198 e. The van der Waals surface area contributed by atoms with Gasteiger partial charge in [-0.3, -0.25) is 0 Å². The van der Waals surface area contributed by atoms with Gasteiger partial charge in [0.25, 0.3) is 0 Å². The van der Waals surface area contributed by atoms with E-state index in [1.807, 2.05) is 26.0 Å². The molecule has 0 aliphatic carbocycles. The van der Waals surface area contributed by atoms with E-state index in [1.54, 1.807) is 7.11 Å². The Hall–Kier alpha value is -2.02. The maximum absolute atomic E-state index is 8.78. The minimum absolute atomic E-state index is 0.210. The summed E-state index contributed by atoms with van der Waals surface area (Å²) in [6.07, 6.45) is 0.324. The number of nitrogens with zero attached hydrogens (tertiary/aromatic N) is 2. The molecule has 0 aliphatic rings. The van der Waals surface area contributed by atoms with Crippen molar-refractivity contribution in [1.29, 1.82) is 5.26 Å². The van der Waals surface area contributed by atoms with E-state index in [0.717, 1.165) is 11.1 Å². The summed E-state index contributed by atoms with van der Waals surface area (Å²) in [5, 5.41) is 8.78. The summed E-state index contributed by atoms with van der Waals surface area (Å²) in [5.41, 5.74) is 2.23. The van der Waals surface area contributed by atoms with Crippen molar-refractivity contribution >= 4 is 11.1 Å². The molecule has 4 nitrogen and oxygen atoms in total. The predicted molar refractivity (Wildman–Crippen MR) is 64.0 cm³/mol. The number of rotatable bonds is 3. The van der Waals surface area contributed by atoms with Crippen LogP contribution >= 0.6 is 0 Å². The van der Waals surface area contributed by atoms with E-state index in [-0.39, 0.29) is 5.92 Å². The van der Waals surface area contributed by atoms with Gasteiger partial charge in [-0.15, -0.1) is 0 Å². The minimum atomic E-state index is 0.210. The second-order valence-electron chi connectivity index (χ2n) is 4.15. The zero-order chi connectivity index (χ0) is 12.4. The van der Waals surface area contributed by atoms with Crippen LogP contribution in [0, 0.1) is 11.3 Å². The normalized spacial score (nSPS) is 10.8. The minimum Gasteiger partial charge on any atom is -0.493 e. The number of methoxy groups -OCH3 is 1. The average Bonchev–Trinajstić information content (AvgIpc) is 2.75. The van der Waals surface area contributed by atoms with E-state index in [1.165, 1.54) is 0 Å². The molecule has 2 aromatic rings. The van der Waals surface area contributed by atoms with E-state index < -0.39 is 0 Å². The van der Waals surface area contributed by atoms with Crippen molar-refractivity contribution in [3.63, 3.8) is 0 Å². The number of fused-ring (bicyclic) bond motifs is 1. The molecule has 2 rings (SSSR count). The molecule has 0 atom stereocenters. The number of hydrogen-bond donors (Lipinski definition) is 0. The number of nitriles is 1. The summed E-state index contributed by atoms with van der Waals surface area (Å²) in [6.45, 7) is 4.03. The Morgan fingerprint density at radius 3 is 2.82 bits per heavy atom. The van der Waals surface area contributed by atoms with E-state index in [4.69, 9.17) is 14.4 Å². The van der Waals surface area contributed by atoms with E-state index >= 15 is 0 Å². The maximum atomic E-state index is 8.78. The van der Waals surface area contributed by atoms with Gasteiger partial charge in [0.1, 0.15) is 5.52 Å². The zero-order valence-electron chi connectivity index (χ0n) is 10.2. The van der Waals surface area contributed by atoms with Crippen molar-refractivity contribution in [1.82, 2.24) is 4.98 Å². The third-order valence-electron chi connectivity index (χ3n) is 2.59. The number of ether oxygens (including phenoxy) is 1. The molecule has 0 radical (unpaired) electrons. The van der Waals surface area contributed by atoms with Gasteiger partial charge >= 0.3 is 0 Å². The molecule has 1 aromatic heterocycles. The molecule has 0 aliphatic heterocycles. The molecule has 88 valence electrons. The zero-order valence-corrected chi connectivity index (χ0v) is 10.2. The average molecular weight is 230 g/mol. The first-order chi connectivity index (χ1) is 8.17. The lowest BCUT2D eigenvalue weighted by Crippen LogP contribution is -1.89. The lowest BCUT2D eigenvalue weighted by atomic mass is 10.1. The fourth-order valence-electron chi connectivity index (χ4n) is 1.69. The van der Waals surface area contributed by atoms with Gasteiger partial charge in [0.15, 0.2) is 17.2 Å². The van der Waals surface area contributed by atoms with Crippen molar-refractivity contribution in [3.05, 3.63) is 23.6 Å². The highest BCUT2D eigenvalue weighted by Gasteiger charge is 2.16. The van der Waals surface area contributed by atoms with Crippen LogP contribution in [0.15, 0.2) is 16.5 Å². The molecule has 17 heavy (non-hydrogen) atoms. The Labute approximate surface area is 99.8 Å². The van der Waals surface area contributed by atoms with Gasteiger partial charge in [-0.05, 0) is 11.6 Å². The van der Waals surface area contributed by atoms with Gasteiger partial charge in [0, 0.05) is 5.92 Å². The van der Waals surface area contributed by atoms with Crippen molar-refractivity contribution in [2.75, 3.05) is 7.11 Å². The Balaban J connectivity index is 2.68. The SMILES string of the molecule is COc1ccc(CC#N)c2nc(C(C)C)oc12. The van der Waals surface area contributed by atoms with Crippen LogP contribution in [0.3, 0.4) is 0 Å². The quantitative estimate of drug-likeness (QED) is 0.813. The van der Waals surface area contributed by atoms with Crippen molar-refractivity contribution < 1.29 is 9.15 Å². The van der Waals surface area contributed by atoms with Gasteiger partial charge in [-0.2, -0.15) is 5.26 Å². The molecule has 0 saturated carbocycles. The molecule has 0 amide bonds. The summed E-state index contributed by atoms with van der Waals surface area (Å²) in [4.78, 5) is 4.44. The fourth-order valence-corrected chi connectivity index (χ4v) is 1.69. The smallest absolute Gasteiger partial charge is 0.198 e. The first-order valence-electron chi connectivity index (χ1n) is 5.50. The van der Waals surface area contributed by atoms with Crippen LogP contribution in [0.25, 0.3) is 11.1 Å². The van der Waals surface area contributed by atoms with Crippen LogP contribution in [0.5, 0.6) is 5.75 Å². The molecule has 1 heterocycles. The highest BCUT2D eigenvalue weighted by molar-refractivity contribution is 5.83. The van der Waals surface area contributed by atoms with Gasteiger partial charge < -0.3 is 9.15 Å². The molecule has 0 spiro atoms. The second kappa shape index (κ2) is 4.46. The molecule has 0 bridgehead atoms. The first kappa shape index (κ1) is 11.5. The lowest BCUT2D eigenvalue weighted by Gasteiger charge is -2.01. The standard InChI is InChI=1S/C13H14N2O2/c1-8(2)13-15-11-9(6-7-14)4-5-10(16-3)12(11)17-13/h4-5,8H,6H2,1-3H3. The summed E-state index contributed by atoms with van der Waals surface area (Å²) < 4.78 is 10.9. The molecule has 4 heteroatoms. The summed E-state index contributed by atoms with van der Waals surface area (Å²) in [7, 11) is 1.59.